The van der Waals surface area contributed by atoms with Crippen molar-refractivity contribution in [2.45, 2.75) is 51.5 Å². The van der Waals surface area contributed by atoms with Gasteiger partial charge in [0, 0.05) is 43.9 Å². The van der Waals surface area contributed by atoms with E-state index < -0.39 is 0 Å². The highest BCUT2D eigenvalue weighted by molar-refractivity contribution is 5.76. The molecule has 1 amide bonds. The van der Waals surface area contributed by atoms with Crippen molar-refractivity contribution in [3.63, 3.8) is 0 Å². The van der Waals surface area contributed by atoms with Crippen LogP contribution in [0.1, 0.15) is 56.5 Å². The molecular formula is C21H29N3O2. The number of carbonyl (C=O) groups is 1. The first-order valence-electron chi connectivity index (χ1n) is 9.52. The zero-order valence-electron chi connectivity index (χ0n) is 16.0. The number of imidazole rings is 1. The van der Waals surface area contributed by atoms with Gasteiger partial charge in [0.2, 0.25) is 5.91 Å². The lowest BCUT2D eigenvalue weighted by Gasteiger charge is -2.33. The number of amides is 1. The normalized spacial score (nSPS) is 17.5. The molecule has 1 aliphatic heterocycles. The lowest BCUT2D eigenvalue weighted by atomic mass is 9.96. The molecule has 1 saturated heterocycles. The summed E-state index contributed by atoms with van der Waals surface area (Å²) < 4.78 is 7.49. The molecule has 0 N–H and O–H groups in total. The lowest BCUT2D eigenvalue weighted by Crippen LogP contribution is -2.40. The Bertz CT molecular complexity index is 738. The van der Waals surface area contributed by atoms with Crippen LogP contribution in [-0.4, -0.2) is 40.6 Å². The molecule has 1 atom stereocenters. The van der Waals surface area contributed by atoms with E-state index in [0.29, 0.717) is 18.4 Å². The standard InChI is InChI=1S/C21H29N3O2/c1-16(2)24-13-11-22-21(24)18-7-5-12-23(15-18)20(25)10-9-17-6-4-8-19(14-17)26-3/h4,6,8,11,13-14,16,18H,5,7,9-10,12,15H2,1-3H3/t18-/m1/s1. The molecule has 1 aliphatic rings. The van der Waals surface area contributed by atoms with E-state index in [1.807, 2.05) is 41.6 Å². The SMILES string of the molecule is COc1cccc(CCC(=O)N2CCC[C@@H](c3nccn3C(C)C)C2)c1. The van der Waals surface area contributed by atoms with Crippen molar-refractivity contribution in [1.82, 2.24) is 14.5 Å². The van der Waals surface area contributed by atoms with Crippen LogP contribution in [0.4, 0.5) is 0 Å². The number of ether oxygens (including phenoxy) is 1. The maximum Gasteiger partial charge on any atom is 0.222 e. The number of hydrogen-bond acceptors (Lipinski definition) is 3. The minimum Gasteiger partial charge on any atom is -0.497 e. The van der Waals surface area contributed by atoms with Gasteiger partial charge in [0.25, 0.3) is 0 Å². The summed E-state index contributed by atoms with van der Waals surface area (Å²) in [7, 11) is 1.67. The molecule has 5 heteroatoms. The number of hydrogen-bond donors (Lipinski definition) is 0. The van der Waals surface area contributed by atoms with Gasteiger partial charge in [-0.05, 0) is 50.8 Å². The third-order valence-corrected chi connectivity index (χ3v) is 5.16. The highest BCUT2D eigenvalue weighted by atomic mass is 16.5. The number of piperidine rings is 1. The molecule has 3 rings (SSSR count). The van der Waals surface area contributed by atoms with Crippen molar-refractivity contribution in [2.24, 2.45) is 0 Å². The number of rotatable bonds is 6. The zero-order chi connectivity index (χ0) is 18.5. The second kappa shape index (κ2) is 8.39. The van der Waals surface area contributed by atoms with E-state index in [4.69, 9.17) is 4.74 Å². The summed E-state index contributed by atoms with van der Waals surface area (Å²) >= 11 is 0. The fourth-order valence-electron chi connectivity index (χ4n) is 3.73. The average Bonchev–Trinajstić information content (AvgIpc) is 3.16. The first-order valence-corrected chi connectivity index (χ1v) is 9.52. The molecule has 0 spiro atoms. The summed E-state index contributed by atoms with van der Waals surface area (Å²) in [6, 6.07) is 8.35. The molecule has 1 aromatic heterocycles. The topological polar surface area (TPSA) is 47.4 Å². The summed E-state index contributed by atoms with van der Waals surface area (Å²) in [4.78, 5) is 19.3. The van der Waals surface area contributed by atoms with Gasteiger partial charge in [0.05, 0.1) is 7.11 Å². The van der Waals surface area contributed by atoms with Crippen LogP contribution in [0.3, 0.4) is 0 Å². The van der Waals surface area contributed by atoms with Crippen LogP contribution in [0, 0.1) is 0 Å². The molecule has 1 aromatic carbocycles. The van der Waals surface area contributed by atoms with Crippen LogP contribution in [0.15, 0.2) is 36.7 Å². The third kappa shape index (κ3) is 4.26. The van der Waals surface area contributed by atoms with Crippen LogP contribution in [0.5, 0.6) is 5.75 Å². The van der Waals surface area contributed by atoms with Crippen molar-refractivity contribution in [3.8, 4) is 5.75 Å². The minimum absolute atomic E-state index is 0.236. The molecule has 26 heavy (non-hydrogen) atoms. The maximum atomic E-state index is 12.7. The van der Waals surface area contributed by atoms with Crippen LogP contribution in [-0.2, 0) is 11.2 Å². The smallest absolute Gasteiger partial charge is 0.222 e. The van der Waals surface area contributed by atoms with Crippen LogP contribution >= 0.6 is 0 Å². The van der Waals surface area contributed by atoms with E-state index in [2.05, 4.69) is 23.4 Å². The highest BCUT2D eigenvalue weighted by Gasteiger charge is 2.27. The Morgan fingerprint density at radius 1 is 1.38 bits per heavy atom. The number of nitrogens with zero attached hydrogens (tertiary/aromatic N) is 3. The second-order valence-corrected chi connectivity index (χ2v) is 7.32. The first kappa shape index (κ1) is 18.5. The Balaban J connectivity index is 1.60. The van der Waals surface area contributed by atoms with E-state index in [1.54, 1.807) is 7.11 Å². The van der Waals surface area contributed by atoms with Crippen molar-refractivity contribution in [3.05, 3.63) is 48.0 Å². The fraction of sp³-hybridized carbons (Fsp3) is 0.524. The second-order valence-electron chi connectivity index (χ2n) is 7.32. The molecule has 0 saturated carbocycles. The molecule has 0 unspecified atom stereocenters. The predicted molar refractivity (Wildman–Crippen MR) is 102 cm³/mol. The van der Waals surface area contributed by atoms with Gasteiger partial charge in [-0.25, -0.2) is 4.98 Å². The minimum atomic E-state index is 0.236. The third-order valence-electron chi connectivity index (χ3n) is 5.16. The van der Waals surface area contributed by atoms with Gasteiger partial charge in [-0.1, -0.05) is 12.1 Å². The maximum absolute atomic E-state index is 12.7. The Morgan fingerprint density at radius 2 is 2.23 bits per heavy atom. The molecule has 2 aromatic rings. The summed E-state index contributed by atoms with van der Waals surface area (Å²) in [5.41, 5.74) is 1.14. The van der Waals surface area contributed by atoms with Gasteiger partial charge in [0.15, 0.2) is 0 Å². The predicted octanol–water partition coefficient (Wildman–Crippen LogP) is 3.81. The average molecular weight is 355 g/mol. The molecule has 140 valence electrons. The number of carbonyl (C=O) groups excluding carboxylic acids is 1. The van der Waals surface area contributed by atoms with E-state index in [-0.39, 0.29) is 5.91 Å². The Hall–Kier alpha value is -2.30. The number of methoxy groups -OCH3 is 1. The van der Waals surface area contributed by atoms with Crippen molar-refractivity contribution >= 4 is 5.91 Å². The van der Waals surface area contributed by atoms with Gasteiger partial charge in [0.1, 0.15) is 11.6 Å². The Labute approximate surface area is 156 Å². The molecule has 2 heterocycles. The van der Waals surface area contributed by atoms with Gasteiger partial charge < -0.3 is 14.2 Å². The Kier molecular flexibility index (Phi) is 5.96. The van der Waals surface area contributed by atoms with E-state index in [0.717, 1.165) is 49.5 Å². The van der Waals surface area contributed by atoms with Crippen LogP contribution in [0.25, 0.3) is 0 Å². The van der Waals surface area contributed by atoms with Gasteiger partial charge >= 0.3 is 0 Å². The largest absolute Gasteiger partial charge is 0.497 e. The summed E-state index contributed by atoms with van der Waals surface area (Å²) in [6.07, 6.45) is 7.35. The quantitative estimate of drug-likeness (QED) is 0.791. The van der Waals surface area contributed by atoms with Crippen molar-refractivity contribution in [1.29, 1.82) is 0 Å². The van der Waals surface area contributed by atoms with Gasteiger partial charge in [-0.15, -0.1) is 0 Å². The summed E-state index contributed by atoms with van der Waals surface area (Å²) in [5.74, 6) is 2.53. The lowest BCUT2D eigenvalue weighted by molar-refractivity contribution is -0.132. The summed E-state index contributed by atoms with van der Waals surface area (Å²) in [6.45, 7) is 5.98. The number of likely N-dealkylation sites (tertiary alicyclic amines) is 1. The fourth-order valence-corrected chi connectivity index (χ4v) is 3.73. The number of aryl methyl sites for hydroxylation is 1. The zero-order valence-corrected chi connectivity index (χ0v) is 16.0. The molecule has 0 aliphatic carbocycles. The highest BCUT2D eigenvalue weighted by Crippen LogP contribution is 2.28. The van der Waals surface area contributed by atoms with E-state index >= 15 is 0 Å². The molecule has 0 bridgehead atoms. The Morgan fingerprint density at radius 3 is 3.00 bits per heavy atom. The first-order chi connectivity index (χ1) is 12.6. The van der Waals surface area contributed by atoms with Gasteiger partial charge in [-0.2, -0.15) is 0 Å². The molecule has 5 nitrogen and oxygen atoms in total. The van der Waals surface area contributed by atoms with E-state index in [9.17, 15) is 4.79 Å². The molecule has 1 fully saturated rings. The van der Waals surface area contributed by atoms with E-state index in [1.165, 1.54) is 0 Å². The molecule has 0 radical (unpaired) electrons. The van der Waals surface area contributed by atoms with Crippen molar-refractivity contribution in [2.75, 3.05) is 20.2 Å². The number of benzene rings is 1. The van der Waals surface area contributed by atoms with Crippen LogP contribution < -0.4 is 4.74 Å². The number of aromatic nitrogens is 2. The molecular weight excluding hydrogens is 326 g/mol. The van der Waals surface area contributed by atoms with Crippen LogP contribution in [0.2, 0.25) is 0 Å². The summed E-state index contributed by atoms with van der Waals surface area (Å²) in [5, 5.41) is 0. The van der Waals surface area contributed by atoms with Crippen molar-refractivity contribution < 1.29 is 9.53 Å². The van der Waals surface area contributed by atoms with Gasteiger partial charge in [-0.3, -0.25) is 4.79 Å². The monoisotopic (exact) mass is 355 g/mol.